The predicted molar refractivity (Wildman–Crippen MR) is 126 cm³/mol. The Balaban J connectivity index is 0.000000308. The predicted octanol–water partition coefficient (Wildman–Crippen LogP) is 6.43. The van der Waals surface area contributed by atoms with Gasteiger partial charge in [0, 0.05) is 18.3 Å². The van der Waals surface area contributed by atoms with E-state index in [2.05, 4.69) is 20.8 Å². The molecule has 0 saturated heterocycles. The van der Waals surface area contributed by atoms with E-state index in [-0.39, 0.29) is 24.0 Å². The summed E-state index contributed by atoms with van der Waals surface area (Å²) in [6.45, 7) is 12.5. The van der Waals surface area contributed by atoms with Crippen LogP contribution in [0.2, 0.25) is 0 Å². The molecule has 5 atom stereocenters. The minimum absolute atomic E-state index is 0.171. The van der Waals surface area contributed by atoms with Crippen LogP contribution in [0.4, 0.5) is 0 Å². The first kappa shape index (κ1) is 26.3. The number of fused-ring (bicyclic) bond motifs is 5. The van der Waals surface area contributed by atoms with Crippen LogP contribution in [0, 0.1) is 28.6 Å². The molecule has 4 rings (SSSR count). The van der Waals surface area contributed by atoms with Crippen molar-refractivity contribution in [1.29, 1.82) is 0 Å². The molecule has 0 amide bonds. The van der Waals surface area contributed by atoms with Crippen molar-refractivity contribution < 1.29 is 24.6 Å². The normalized spacial score (nSPS) is 35.1. The highest BCUT2D eigenvalue weighted by Gasteiger charge is 2.57. The third-order valence-corrected chi connectivity index (χ3v) is 9.00. The lowest BCUT2D eigenvalue weighted by molar-refractivity contribution is -0.137. The lowest BCUT2D eigenvalue weighted by Gasteiger charge is -2.57. The summed E-state index contributed by atoms with van der Waals surface area (Å²) in [7, 11) is 0. The molecule has 0 aromatic heterocycles. The van der Waals surface area contributed by atoms with Gasteiger partial charge in [-0.25, -0.2) is 0 Å². The maximum absolute atomic E-state index is 12.3. The van der Waals surface area contributed by atoms with E-state index < -0.39 is 11.9 Å². The molecule has 5 nitrogen and oxygen atoms in total. The summed E-state index contributed by atoms with van der Waals surface area (Å²) in [5.74, 6) is 1.38. The molecule has 4 aliphatic carbocycles. The highest BCUT2D eigenvalue weighted by atomic mass is 16.4. The number of carbonyl (C=O) groups is 3. The van der Waals surface area contributed by atoms with Gasteiger partial charge in [-0.15, -0.1) is 0 Å². The van der Waals surface area contributed by atoms with E-state index in [9.17, 15) is 14.4 Å². The second-order valence-electron chi connectivity index (χ2n) is 10.5. The second kappa shape index (κ2) is 10.4. The highest BCUT2D eigenvalue weighted by Crippen LogP contribution is 2.65. The molecule has 0 heterocycles. The van der Waals surface area contributed by atoms with Gasteiger partial charge in [0.1, 0.15) is 0 Å². The van der Waals surface area contributed by atoms with Gasteiger partial charge in [0.25, 0.3) is 0 Å². The number of allylic oxidation sites excluding steroid dienone is 4. The molecular weight excluding hydrogens is 404 g/mol. The Bertz CT molecular complexity index is 793. The summed E-state index contributed by atoms with van der Waals surface area (Å²) < 4.78 is 0. The summed E-state index contributed by atoms with van der Waals surface area (Å²) in [5, 5.41) is 15.4. The lowest BCUT2D eigenvalue weighted by atomic mass is 9.47. The quantitative estimate of drug-likeness (QED) is 0.510. The van der Waals surface area contributed by atoms with Crippen LogP contribution in [0.3, 0.4) is 0 Å². The third-order valence-electron chi connectivity index (χ3n) is 9.00. The Morgan fingerprint density at radius 1 is 0.969 bits per heavy atom. The fourth-order valence-electron chi connectivity index (χ4n) is 6.80. The van der Waals surface area contributed by atoms with E-state index in [1.165, 1.54) is 49.7 Å². The fraction of sp³-hybridized carbons (Fsp3) is 0.741. The standard InChI is InChI=1S/C21H30O.2C3H6O2/c1-13-14(2)21(4)15(12-19(13)22)7-8-16-17-6-5-10-20(17,3)11-9-18(16)21;2*1-2-3(4)5/h12,16-18H,5-11H2,1-4H3;2*2H2,1H3,(H,4,5)/t16-,17-,18-,20-,21-;;/m0../s1. The third kappa shape index (κ3) is 5.02. The van der Waals surface area contributed by atoms with Gasteiger partial charge < -0.3 is 10.2 Å². The lowest BCUT2D eigenvalue weighted by Crippen LogP contribution is -2.49. The molecule has 180 valence electrons. The van der Waals surface area contributed by atoms with Crippen molar-refractivity contribution in [3.63, 3.8) is 0 Å². The molecule has 0 aromatic carbocycles. The van der Waals surface area contributed by atoms with Crippen LogP contribution in [-0.4, -0.2) is 27.9 Å². The van der Waals surface area contributed by atoms with E-state index in [0.29, 0.717) is 5.41 Å². The van der Waals surface area contributed by atoms with Gasteiger partial charge in [-0.1, -0.05) is 45.3 Å². The van der Waals surface area contributed by atoms with Gasteiger partial charge in [-0.2, -0.15) is 0 Å². The topological polar surface area (TPSA) is 91.7 Å². The Kier molecular flexibility index (Phi) is 8.52. The molecule has 4 aliphatic rings. The largest absolute Gasteiger partial charge is 0.481 e. The molecule has 0 aliphatic heterocycles. The molecule has 32 heavy (non-hydrogen) atoms. The maximum Gasteiger partial charge on any atom is 0.303 e. The average Bonchev–Trinajstić information content (AvgIpc) is 3.16. The molecule has 0 unspecified atom stereocenters. The van der Waals surface area contributed by atoms with E-state index in [1.54, 1.807) is 13.8 Å². The molecule has 0 spiro atoms. The van der Waals surface area contributed by atoms with Crippen molar-refractivity contribution in [2.24, 2.45) is 28.6 Å². The summed E-state index contributed by atoms with van der Waals surface area (Å²) in [6.07, 6.45) is 12.0. The molecule has 3 fully saturated rings. The molecule has 5 heteroatoms. The Hall–Kier alpha value is -1.91. The van der Waals surface area contributed by atoms with Crippen LogP contribution in [0.5, 0.6) is 0 Å². The van der Waals surface area contributed by atoms with E-state index in [4.69, 9.17) is 10.2 Å². The molecule has 2 N–H and O–H groups in total. The van der Waals surface area contributed by atoms with Crippen molar-refractivity contribution >= 4 is 17.7 Å². The van der Waals surface area contributed by atoms with Crippen LogP contribution in [0.1, 0.15) is 99.3 Å². The van der Waals surface area contributed by atoms with Gasteiger partial charge >= 0.3 is 11.9 Å². The summed E-state index contributed by atoms with van der Waals surface area (Å²) in [6, 6.07) is 0. The first-order valence-corrected chi connectivity index (χ1v) is 12.3. The number of ketones is 1. The van der Waals surface area contributed by atoms with Crippen LogP contribution >= 0.6 is 0 Å². The monoisotopic (exact) mass is 446 g/mol. The van der Waals surface area contributed by atoms with Crippen molar-refractivity contribution in [2.75, 3.05) is 0 Å². The number of rotatable bonds is 2. The first-order valence-electron chi connectivity index (χ1n) is 12.3. The number of carbonyl (C=O) groups excluding carboxylic acids is 1. The van der Waals surface area contributed by atoms with Crippen LogP contribution in [-0.2, 0) is 14.4 Å². The second-order valence-corrected chi connectivity index (χ2v) is 10.5. The Morgan fingerprint density at radius 2 is 1.53 bits per heavy atom. The zero-order valence-corrected chi connectivity index (χ0v) is 20.8. The van der Waals surface area contributed by atoms with Crippen molar-refractivity contribution in [1.82, 2.24) is 0 Å². The molecule has 0 radical (unpaired) electrons. The number of hydrogen-bond acceptors (Lipinski definition) is 3. The maximum atomic E-state index is 12.3. The highest BCUT2D eigenvalue weighted by molar-refractivity contribution is 6.06. The number of carboxylic acids is 2. The van der Waals surface area contributed by atoms with E-state index in [0.717, 1.165) is 29.7 Å². The average molecular weight is 447 g/mol. The van der Waals surface area contributed by atoms with Gasteiger partial charge in [0.2, 0.25) is 0 Å². The van der Waals surface area contributed by atoms with Gasteiger partial charge in [-0.05, 0) is 87.2 Å². The van der Waals surface area contributed by atoms with Crippen molar-refractivity contribution in [3.05, 3.63) is 22.8 Å². The Morgan fingerprint density at radius 3 is 2.06 bits per heavy atom. The van der Waals surface area contributed by atoms with Crippen molar-refractivity contribution in [2.45, 2.75) is 99.3 Å². The van der Waals surface area contributed by atoms with E-state index >= 15 is 0 Å². The van der Waals surface area contributed by atoms with Crippen LogP contribution < -0.4 is 0 Å². The zero-order valence-electron chi connectivity index (χ0n) is 20.8. The zero-order chi connectivity index (χ0) is 24.3. The summed E-state index contributed by atoms with van der Waals surface area (Å²) in [5.41, 5.74) is 4.64. The fourth-order valence-corrected chi connectivity index (χ4v) is 6.80. The van der Waals surface area contributed by atoms with Crippen LogP contribution in [0.25, 0.3) is 0 Å². The first-order chi connectivity index (χ1) is 14.9. The van der Waals surface area contributed by atoms with Gasteiger partial charge in [-0.3, -0.25) is 14.4 Å². The minimum Gasteiger partial charge on any atom is -0.481 e. The smallest absolute Gasteiger partial charge is 0.303 e. The Labute approximate surface area is 193 Å². The number of hydrogen-bond donors (Lipinski definition) is 2. The number of carboxylic acid groups (broad SMARTS) is 2. The van der Waals surface area contributed by atoms with Gasteiger partial charge in [0.05, 0.1) is 0 Å². The van der Waals surface area contributed by atoms with Crippen LogP contribution in [0.15, 0.2) is 22.8 Å². The minimum atomic E-state index is -0.745. The summed E-state index contributed by atoms with van der Waals surface area (Å²) >= 11 is 0. The molecular formula is C27H42O5. The van der Waals surface area contributed by atoms with Gasteiger partial charge in [0.15, 0.2) is 5.78 Å². The van der Waals surface area contributed by atoms with E-state index in [1.807, 2.05) is 13.0 Å². The number of aliphatic carboxylic acids is 2. The molecule has 3 saturated carbocycles. The molecule has 0 aromatic rings. The molecule has 0 bridgehead atoms. The SMILES string of the molecule is CC1=C(C)[C@@]2(C)C(=CC1=O)CC[C@H]1[C@@H]3CCC[C@@]3(C)CC[C@@H]12.CCC(=O)O.CCC(=O)O. The summed E-state index contributed by atoms with van der Waals surface area (Å²) in [4.78, 5) is 31.0. The van der Waals surface area contributed by atoms with Crippen molar-refractivity contribution in [3.8, 4) is 0 Å².